The van der Waals surface area contributed by atoms with Crippen LogP contribution < -0.4 is 0 Å². The molecule has 1 unspecified atom stereocenters. The largest absolute Gasteiger partial charge is 0.492 e. The van der Waals surface area contributed by atoms with Crippen LogP contribution in [0.15, 0.2) is 23.8 Å². The van der Waals surface area contributed by atoms with Crippen molar-refractivity contribution in [3.8, 4) is 0 Å². The van der Waals surface area contributed by atoms with E-state index in [0.29, 0.717) is 11.4 Å². The number of ether oxygens (including phenoxy) is 1. The van der Waals surface area contributed by atoms with E-state index in [-0.39, 0.29) is 11.9 Å². The minimum Gasteiger partial charge on any atom is -0.492 e. The predicted octanol–water partition coefficient (Wildman–Crippen LogP) is 2.95. The van der Waals surface area contributed by atoms with Crippen molar-refractivity contribution in [3.05, 3.63) is 33.7 Å². The fourth-order valence-electron chi connectivity index (χ4n) is 1.17. The maximum atomic E-state index is 11.1. The van der Waals surface area contributed by atoms with Crippen LogP contribution in [0.2, 0.25) is 5.02 Å². The molecule has 2 heterocycles. The van der Waals surface area contributed by atoms with Gasteiger partial charge >= 0.3 is 0 Å². The summed E-state index contributed by atoms with van der Waals surface area (Å²) in [6.45, 7) is 0. The summed E-state index contributed by atoms with van der Waals surface area (Å²) in [5.41, 5.74) is 0. The van der Waals surface area contributed by atoms with Gasteiger partial charge in [-0.05, 0) is 6.07 Å². The molecule has 1 atom stereocenters. The third-order valence-corrected chi connectivity index (χ3v) is 3.16. The van der Waals surface area contributed by atoms with Gasteiger partial charge in [0, 0.05) is 16.3 Å². The van der Waals surface area contributed by atoms with Gasteiger partial charge in [0.05, 0.1) is 17.7 Å². The normalized spacial score (nSPS) is 21.6. The van der Waals surface area contributed by atoms with Gasteiger partial charge in [0.2, 0.25) is 0 Å². The minimum atomic E-state index is -0.144. The lowest BCUT2D eigenvalue weighted by Crippen LogP contribution is -2.09. The van der Waals surface area contributed by atoms with E-state index in [4.69, 9.17) is 16.3 Å². The molecule has 1 aromatic heterocycles. The smallest absolute Gasteiger partial charge is 0.162 e. The molecule has 68 valence electrons. The molecule has 0 aromatic carbocycles. The maximum Gasteiger partial charge on any atom is 0.162 e. The molecule has 1 aromatic rings. The fourth-order valence-corrected chi connectivity index (χ4v) is 2.29. The second kappa shape index (κ2) is 3.52. The number of carbonyl (C=O) groups is 1. The van der Waals surface area contributed by atoms with Crippen molar-refractivity contribution >= 4 is 28.7 Å². The third kappa shape index (κ3) is 1.92. The molecular weight excluding hydrogens is 208 g/mol. The lowest BCUT2D eigenvalue weighted by Gasteiger charge is -2.16. The zero-order valence-corrected chi connectivity index (χ0v) is 8.27. The first-order valence-electron chi connectivity index (χ1n) is 3.84. The fraction of sp³-hybridized carbons (Fsp3) is 0.222. The number of thiophene rings is 1. The van der Waals surface area contributed by atoms with E-state index in [1.165, 1.54) is 23.7 Å². The summed E-state index contributed by atoms with van der Waals surface area (Å²) in [4.78, 5) is 12.1. The molecular formula is C9H7ClO2S. The zero-order valence-electron chi connectivity index (χ0n) is 6.70. The molecule has 1 aliphatic rings. The van der Waals surface area contributed by atoms with Crippen LogP contribution in [0, 0.1) is 0 Å². The van der Waals surface area contributed by atoms with Crippen molar-refractivity contribution in [1.29, 1.82) is 0 Å². The van der Waals surface area contributed by atoms with Crippen LogP contribution in [0.5, 0.6) is 0 Å². The van der Waals surface area contributed by atoms with Crippen LogP contribution in [0.4, 0.5) is 0 Å². The average molecular weight is 215 g/mol. The Morgan fingerprint density at radius 2 is 2.46 bits per heavy atom. The van der Waals surface area contributed by atoms with E-state index in [1.54, 1.807) is 0 Å². The first kappa shape index (κ1) is 8.78. The Balaban J connectivity index is 2.18. The highest BCUT2D eigenvalue weighted by atomic mass is 35.5. The van der Waals surface area contributed by atoms with Crippen LogP contribution in [0.1, 0.15) is 17.4 Å². The first-order chi connectivity index (χ1) is 6.25. The van der Waals surface area contributed by atoms with Crippen molar-refractivity contribution in [2.24, 2.45) is 0 Å². The van der Waals surface area contributed by atoms with Gasteiger partial charge in [-0.1, -0.05) is 11.6 Å². The number of allylic oxidation sites excluding steroid dienone is 1. The summed E-state index contributed by atoms with van der Waals surface area (Å²) in [5, 5.41) is 2.54. The number of rotatable bonds is 1. The van der Waals surface area contributed by atoms with E-state index < -0.39 is 0 Å². The van der Waals surface area contributed by atoms with Gasteiger partial charge in [-0.15, -0.1) is 11.3 Å². The molecule has 13 heavy (non-hydrogen) atoms. The molecule has 0 saturated carbocycles. The van der Waals surface area contributed by atoms with Gasteiger partial charge in [-0.3, -0.25) is 4.79 Å². The standard InChI is InChI=1S/C9H7ClO2S/c10-6-3-9(13-5-6)8-4-7(11)1-2-12-8/h1-3,5,8H,4H2. The highest BCUT2D eigenvalue weighted by molar-refractivity contribution is 7.10. The van der Waals surface area contributed by atoms with Crippen LogP contribution >= 0.6 is 22.9 Å². The molecule has 0 radical (unpaired) electrons. The Bertz CT molecular complexity index is 356. The van der Waals surface area contributed by atoms with Crippen molar-refractivity contribution in [2.75, 3.05) is 0 Å². The van der Waals surface area contributed by atoms with Gasteiger partial charge in [-0.25, -0.2) is 0 Å². The van der Waals surface area contributed by atoms with Crippen LogP contribution in [0.3, 0.4) is 0 Å². The Morgan fingerprint density at radius 3 is 3.08 bits per heavy atom. The van der Waals surface area contributed by atoms with Gasteiger partial charge in [0.15, 0.2) is 5.78 Å². The second-order valence-corrected chi connectivity index (χ2v) is 4.14. The molecule has 1 aliphatic heterocycles. The Labute approximate surface area is 84.8 Å². The third-order valence-electron chi connectivity index (χ3n) is 1.79. The molecule has 0 aliphatic carbocycles. The summed E-state index contributed by atoms with van der Waals surface area (Å²) in [6, 6.07) is 1.84. The molecule has 0 amide bonds. The molecule has 4 heteroatoms. The van der Waals surface area contributed by atoms with E-state index in [1.807, 2.05) is 11.4 Å². The quantitative estimate of drug-likeness (QED) is 0.719. The SMILES string of the molecule is O=C1C=COC(c2cc(Cl)cs2)C1. The number of hydrogen-bond donors (Lipinski definition) is 0. The van der Waals surface area contributed by atoms with E-state index >= 15 is 0 Å². The van der Waals surface area contributed by atoms with Crippen molar-refractivity contribution < 1.29 is 9.53 Å². The minimum absolute atomic E-state index is 0.0979. The average Bonchev–Trinajstić information content (AvgIpc) is 2.52. The number of halogens is 1. The summed E-state index contributed by atoms with van der Waals surface area (Å²) in [7, 11) is 0. The Hall–Kier alpha value is -0.800. The summed E-state index contributed by atoms with van der Waals surface area (Å²) >= 11 is 7.28. The van der Waals surface area contributed by atoms with Crippen molar-refractivity contribution in [1.82, 2.24) is 0 Å². The molecule has 0 fully saturated rings. The monoisotopic (exact) mass is 214 g/mol. The van der Waals surface area contributed by atoms with E-state index in [0.717, 1.165) is 4.88 Å². The summed E-state index contributed by atoms with van der Waals surface area (Å²) in [5.74, 6) is 0.0979. The summed E-state index contributed by atoms with van der Waals surface area (Å²) < 4.78 is 5.30. The molecule has 2 rings (SSSR count). The number of carbonyl (C=O) groups excluding carboxylic acids is 1. The van der Waals surface area contributed by atoms with Crippen LogP contribution in [-0.2, 0) is 9.53 Å². The molecule has 2 nitrogen and oxygen atoms in total. The maximum absolute atomic E-state index is 11.1. The first-order valence-corrected chi connectivity index (χ1v) is 5.10. The summed E-state index contributed by atoms with van der Waals surface area (Å²) in [6.07, 6.45) is 3.17. The molecule has 0 N–H and O–H groups in total. The van der Waals surface area contributed by atoms with Crippen LogP contribution in [0.25, 0.3) is 0 Å². The lowest BCUT2D eigenvalue weighted by atomic mass is 10.1. The highest BCUT2D eigenvalue weighted by Crippen LogP contribution is 2.31. The number of ketones is 1. The van der Waals surface area contributed by atoms with Crippen molar-refractivity contribution in [2.45, 2.75) is 12.5 Å². The lowest BCUT2D eigenvalue weighted by molar-refractivity contribution is -0.118. The topological polar surface area (TPSA) is 26.3 Å². The number of hydrogen-bond acceptors (Lipinski definition) is 3. The van der Waals surface area contributed by atoms with E-state index in [9.17, 15) is 4.79 Å². The van der Waals surface area contributed by atoms with Gasteiger partial charge in [0.25, 0.3) is 0 Å². The highest BCUT2D eigenvalue weighted by Gasteiger charge is 2.19. The van der Waals surface area contributed by atoms with Gasteiger partial charge < -0.3 is 4.74 Å². The predicted molar refractivity (Wildman–Crippen MR) is 51.9 cm³/mol. The molecule has 0 bridgehead atoms. The van der Waals surface area contributed by atoms with E-state index in [2.05, 4.69) is 0 Å². The van der Waals surface area contributed by atoms with Gasteiger partial charge in [0.1, 0.15) is 6.10 Å². The zero-order chi connectivity index (χ0) is 9.26. The molecule has 0 spiro atoms. The van der Waals surface area contributed by atoms with Gasteiger partial charge in [-0.2, -0.15) is 0 Å². The Morgan fingerprint density at radius 1 is 1.62 bits per heavy atom. The van der Waals surface area contributed by atoms with Crippen LogP contribution in [-0.4, -0.2) is 5.78 Å². The van der Waals surface area contributed by atoms with Crippen molar-refractivity contribution in [3.63, 3.8) is 0 Å². The molecule has 0 saturated heterocycles. The second-order valence-electron chi connectivity index (χ2n) is 2.77. The Kier molecular flexibility index (Phi) is 2.38.